The molecule has 2 aromatic rings. The molecule has 28 heavy (non-hydrogen) atoms. The molecule has 0 saturated heterocycles. The van der Waals surface area contributed by atoms with Gasteiger partial charge in [-0.3, -0.25) is 0 Å². The van der Waals surface area contributed by atoms with Crippen LogP contribution < -0.4 is 10.1 Å². The normalized spacial score (nSPS) is 13.1. The monoisotopic (exact) mass is 385 g/mol. The summed E-state index contributed by atoms with van der Waals surface area (Å²) in [6.45, 7) is 6.81. The molecule has 2 atom stereocenters. The Hall–Kier alpha value is -3.02. The van der Waals surface area contributed by atoms with E-state index < -0.39 is 29.8 Å². The van der Waals surface area contributed by atoms with Crippen molar-refractivity contribution in [1.29, 1.82) is 0 Å². The van der Waals surface area contributed by atoms with Gasteiger partial charge >= 0.3 is 12.1 Å². The van der Waals surface area contributed by atoms with Crippen molar-refractivity contribution >= 4 is 12.1 Å². The highest BCUT2D eigenvalue weighted by molar-refractivity contribution is 5.81. The van der Waals surface area contributed by atoms with E-state index in [0.29, 0.717) is 5.75 Å². The van der Waals surface area contributed by atoms with Crippen LogP contribution in [0.4, 0.5) is 4.79 Å². The van der Waals surface area contributed by atoms with Gasteiger partial charge in [-0.25, -0.2) is 9.59 Å². The maximum Gasteiger partial charge on any atom is 0.408 e. The van der Waals surface area contributed by atoms with Crippen molar-refractivity contribution in [2.24, 2.45) is 0 Å². The number of nitrogens with one attached hydrogen (secondary N) is 1. The van der Waals surface area contributed by atoms with Crippen LogP contribution in [0.5, 0.6) is 5.75 Å². The van der Waals surface area contributed by atoms with Gasteiger partial charge in [0.1, 0.15) is 24.0 Å². The van der Waals surface area contributed by atoms with Crippen molar-refractivity contribution < 1.29 is 23.8 Å². The Morgan fingerprint density at radius 1 is 0.964 bits per heavy atom. The number of hydrogen-bond donors (Lipinski definition) is 1. The van der Waals surface area contributed by atoms with E-state index >= 15 is 0 Å². The van der Waals surface area contributed by atoms with Gasteiger partial charge in [0, 0.05) is 0 Å². The van der Waals surface area contributed by atoms with Crippen LogP contribution >= 0.6 is 0 Å². The molecular formula is C22H27NO5. The van der Waals surface area contributed by atoms with E-state index in [1.165, 1.54) is 0 Å². The number of carbonyl (C=O) groups excluding carboxylic acids is 2. The van der Waals surface area contributed by atoms with E-state index in [9.17, 15) is 9.59 Å². The van der Waals surface area contributed by atoms with Gasteiger partial charge in [0.05, 0.1) is 0 Å². The standard InChI is InChI=1S/C22H27NO5/c1-16(23-21(25)28-22(2,3)4)20(24)26-15-19(17-11-7-5-8-12-17)27-18-13-9-6-10-14-18/h5-14,16,19H,15H2,1-4H3,(H,23,25)/t16-,19?/m0/s1. The predicted octanol–water partition coefficient (Wildman–Crippen LogP) is 4.26. The summed E-state index contributed by atoms with van der Waals surface area (Å²) in [5.41, 5.74) is 0.238. The summed E-state index contributed by atoms with van der Waals surface area (Å²) in [6.07, 6.45) is -1.14. The molecular weight excluding hydrogens is 358 g/mol. The van der Waals surface area contributed by atoms with Gasteiger partial charge in [-0.05, 0) is 45.4 Å². The fourth-order valence-corrected chi connectivity index (χ4v) is 2.36. The van der Waals surface area contributed by atoms with E-state index in [4.69, 9.17) is 14.2 Å². The maximum atomic E-state index is 12.3. The van der Waals surface area contributed by atoms with Crippen molar-refractivity contribution in [2.45, 2.75) is 45.4 Å². The Bertz CT molecular complexity index is 756. The number of ether oxygens (including phenoxy) is 3. The van der Waals surface area contributed by atoms with Crippen LogP contribution in [0.3, 0.4) is 0 Å². The van der Waals surface area contributed by atoms with Crippen LogP contribution in [0.15, 0.2) is 60.7 Å². The van der Waals surface area contributed by atoms with Crippen molar-refractivity contribution in [3.8, 4) is 5.75 Å². The molecule has 1 amide bonds. The number of carbonyl (C=O) groups is 2. The molecule has 0 aromatic heterocycles. The summed E-state index contributed by atoms with van der Waals surface area (Å²) in [7, 11) is 0. The molecule has 1 N–H and O–H groups in total. The zero-order chi connectivity index (χ0) is 20.6. The lowest BCUT2D eigenvalue weighted by atomic mass is 10.1. The lowest BCUT2D eigenvalue weighted by molar-refractivity contribution is -0.148. The molecule has 150 valence electrons. The van der Waals surface area contributed by atoms with E-state index in [0.717, 1.165) is 5.56 Å². The molecule has 0 aliphatic carbocycles. The largest absolute Gasteiger partial charge is 0.482 e. The van der Waals surface area contributed by atoms with E-state index in [-0.39, 0.29) is 6.61 Å². The molecule has 0 saturated carbocycles. The fraction of sp³-hybridized carbons (Fsp3) is 0.364. The molecule has 0 aliphatic rings. The third kappa shape index (κ3) is 7.31. The number of esters is 1. The Kier molecular flexibility index (Phi) is 7.44. The summed E-state index contributed by atoms with van der Waals surface area (Å²) >= 11 is 0. The van der Waals surface area contributed by atoms with Gasteiger partial charge in [-0.2, -0.15) is 0 Å². The Balaban J connectivity index is 1.96. The first-order chi connectivity index (χ1) is 13.2. The van der Waals surface area contributed by atoms with Crippen molar-refractivity contribution in [3.05, 3.63) is 66.2 Å². The smallest absolute Gasteiger partial charge is 0.408 e. The first kappa shape index (κ1) is 21.3. The van der Waals surface area contributed by atoms with Crippen molar-refractivity contribution in [1.82, 2.24) is 5.32 Å². The molecule has 0 heterocycles. The van der Waals surface area contributed by atoms with Gasteiger partial charge in [-0.1, -0.05) is 48.5 Å². The molecule has 6 heteroatoms. The first-order valence-corrected chi connectivity index (χ1v) is 9.17. The molecule has 2 rings (SSSR count). The molecule has 0 radical (unpaired) electrons. The minimum Gasteiger partial charge on any atom is -0.482 e. The Morgan fingerprint density at radius 3 is 2.11 bits per heavy atom. The average Bonchev–Trinajstić information content (AvgIpc) is 2.64. The molecule has 0 aliphatic heterocycles. The number of benzene rings is 2. The van der Waals surface area contributed by atoms with E-state index in [1.54, 1.807) is 27.7 Å². The van der Waals surface area contributed by atoms with E-state index in [2.05, 4.69) is 5.32 Å². The topological polar surface area (TPSA) is 73.9 Å². The second kappa shape index (κ2) is 9.78. The number of amides is 1. The summed E-state index contributed by atoms with van der Waals surface area (Å²) in [5.74, 6) is 0.107. The highest BCUT2D eigenvalue weighted by Crippen LogP contribution is 2.22. The molecule has 0 spiro atoms. The number of rotatable bonds is 7. The van der Waals surface area contributed by atoms with Gasteiger partial charge < -0.3 is 19.5 Å². The lowest BCUT2D eigenvalue weighted by Crippen LogP contribution is -2.42. The summed E-state index contributed by atoms with van der Waals surface area (Å²) in [5, 5.41) is 2.47. The number of para-hydroxylation sites is 1. The maximum absolute atomic E-state index is 12.3. The third-order valence-corrected chi connectivity index (χ3v) is 3.66. The second-order valence-corrected chi connectivity index (χ2v) is 7.33. The summed E-state index contributed by atoms with van der Waals surface area (Å²) in [6, 6.07) is 18.0. The molecule has 0 bridgehead atoms. The van der Waals surface area contributed by atoms with Gasteiger partial charge in [0.25, 0.3) is 0 Å². The Labute approximate surface area is 165 Å². The highest BCUT2D eigenvalue weighted by Gasteiger charge is 2.23. The van der Waals surface area contributed by atoms with E-state index in [1.807, 2.05) is 60.7 Å². The minimum atomic E-state index is -0.844. The number of alkyl carbamates (subject to hydrolysis) is 1. The van der Waals surface area contributed by atoms with Gasteiger partial charge in [-0.15, -0.1) is 0 Å². The lowest BCUT2D eigenvalue weighted by Gasteiger charge is -2.23. The first-order valence-electron chi connectivity index (χ1n) is 9.17. The third-order valence-electron chi connectivity index (χ3n) is 3.66. The average molecular weight is 385 g/mol. The summed E-state index contributed by atoms with van der Waals surface area (Å²) < 4.78 is 16.5. The van der Waals surface area contributed by atoms with Crippen molar-refractivity contribution in [2.75, 3.05) is 6.61 Å². The molecule has 2 aromatic carbocycles. The van der Waals surface area contributed by atoms with Crippen LogP contribution in [0, 0.1) is 0 Å². The van der Waals surface area contributed by atoms with Gasteiger partial charge in [0.2, 0.25) is 0 Å². The second-order valence-electron chi connectivity index (χ2n) is 7.33. The zero-order valence-electron chi connectivity index (χ0n) is 16.7. The SMILES string of the molecule is C[C@H](NC(=O)OC(C)(C)C)C(=O)OCC(Oc1ccccc1)c1ccccc1. The van der Waals surface area contributed by atoms with Crippen LogP contribution in [0.25, 0.3) is 0 Å². The van der Waals surface area contributed by atoms with Gasteiger partial charge in [0.15, 0.2) is 6.10 Å². The highest BCUT2D eigenvalue weighted by atomic mass is 16.6. The molecule has 1 unspecified atom stereocenters. The minimum absolute atomic E-state index is 0.0120. The van der Waals surface area contributed by atoms with Crippen LogP contribution in [0.1, 0.15) is 39.4 Å². The molecule has 6 nitrogen and oxygen atoms in total. The quantitative estimate of drug-likeness (QED) is 0.721. The molecule has 0 fully saturated rings. The number of hydrogen-bond acceptors (Lipinski definition) is 5. The summed E-state index contributed by atoms with van der Waals surface area (Å²) in [4.78, 5) is 24.1. The van der Waals surface area contributed by atoms with Crippen molar-refractivity contribution in [3.63, 3.8) is 0 Å². The predicted molar refractivity (Wildman–Crippen MR) is 106 cm³/mol. The zero-order valence-corrected chi connectivity index (χ0v) is 16.7. The van der Waals surface area contributed by atoms with Crippen LogP contribution in [0.2, 0.25) is 0 Å². The van der Waals surface area contributed by atoms with Crippen LogP contribution in [-0.2, 0) is 14.3 Å². The Morgan fingerprint density at radius 2 is 1.54 bits per heavy atom. The van der Waals surface area contributed by atoms with Crippen LogP contribution in [-0.4, -0.2) is 30.3 Å². The fourth-order valence-electron chi connectivity index (χ4n) is 2.36.